The molecular formula is C13H16F2N2O4. The molecule has 0 heterocycles. The summed E-state index contributed by atoms with van der Waals surface area (Å²) in [6.45, 7) is -0.236. The van der Waals surface area contributed by atoms with Crippen molar-refractivity contribution in [3.05, 3.63) is 35.4 Å². The maximum Gasteiger partial charge on any atom is 0.309 e. The van der Waals surface area contributed by atoms with Crippen LogP contribution in [0, 0.1) is 11.6 Å². The van der Waals surface area contributed by atoms with Crippen molar-refractivity contribution in [2.45, 2.75) is 12.8 Å². The average molecular weight is 302 g/mol. The van der Waals surface area contributed by atoms with Crippen molar-refractivity contribution in [3.63, 3.8) is 0 Å². The van der Waals surface area contributed by atoms with Gasteiger partial charge in [0.15, 0.2) is 6.29 Å². The molecule has 21 heavy (non-hydrogen) atoms. The maximum atomic E-state index is 13.3. The highest BCUT2D eigenvalue weighted by molar-refractivity contribution is 6.35. The number of benzene rings is 1. The maximum absolute atomic E-state index is 13.3. The van der Waals surface area contributed by atoms with E-state index in [0.717, 1.165) is 6.07 Å². The van der Waals surface area contributed by atoms with Gasteiger partial charge in [0, 0.05) is 32.4 Å². The number of carbonyl (C=O) groups is 2. The van der Waals surface area contributed by atoms with Crippen LogP contribution in [0.15, 0.2) is 18.2 Å². The van der Waals surface area contributed by atoms with E-state index < -0.39 is 29.7 Å². The smallest absolute Gasteiger partial charge is 0.309 e. The third-order valence-corrected chi connectivity index (χ3v) is 2.62. The number of halogens is 2. The number of amides is 2. The van der Waals surface area contributed by atoms with Gasteiger partial charge >= 0.3 is 11.8 Å². The zero-order valence-corrected chi connectivity index (χ0v) is 11.6. The normalized spacial score (nSPS) is 10.5. The Morgan fingerprint density at radius 3 is 2.33 bits per heavy atom. The summed E-state index contributed by atoms with van der Waals surface area (Å²) in [6, 6.07) is 2.95. The highest BCUT2D eigenvalue weighted by atomic mass is 19.1. The molecule has 0 aliphatic carbocycles. The first kappa shape index (κ1) is 17.0. The predicted octanol–water partition coefficient (Wildman–Crippen LogP) is 0.316. The summed E-state index contributed by atoms with van der Waals surface area (Å²) < 4.78 is 35.7. The standard InChI is InChI=1S/C13H16F2N2O4/c1-20-11(21-2)7-17-13(19)12(18)16-6-8-3-4-9(14)5-10(8)15/h3-5,11H,6-7H2,1-2H3,(H,16,18)(H,17,19). The molecule has 0 aliphatic heterocycles. The molecule has 1 rings (SSSR count). The zero-order valence-electron chi connectivity index (χ0n) is 11.6. The lowest BCUT2D eigenvalue weighted by molar-refractivity contribution is -0.141. The van der Waals surface area contributed by atoms with Gasteiger partial charge in [-0.25, -0.2) is 8.78 Å². The average Bonchev–Trinajstić information content (AvgIpc) is 2.46. The Kier molecular flexibility index (Phi) is 6.70. The topological polar surface area (TPSA) is 76.7 Å². The van der Waals surface area contributed by atoms with Gasteiger partial charge in [0.2, 0.25) is 0 Å². The van der Waals surface area contributed by atoms with E-state index in [1.807, 2.05) is 0 Å². The van der Waals surface area contributed by atoms with Crippen LogP contribution in [-0.2, 0) is 25.6 Å². The van der Waals surface area contributed by atoms with Crippen LogP contribution in [0.25, 0.3) is 0 Å². The van der Waals surface area contributed by atoms with Gasteiger partial charge in [-0.05, 0) is 6.07 Å². The lowest BCUT2D eigenvalue weighted by atomic mass is 10.2. The number of hydrogen-bond acceptors (Lipinski definition) is 4. The minimum Gasteiger partial charge on any atom is -0.354 e. The van der Waals surface area contributed by atoms with Crippen LogP contribution in [0.5, 0.6) is 0 Å². The molecular weight excluding hydrogens is 286 g/mol. The van der Waals surface area contributed by atoms with Crippen LogP contribution in [0.3, 0.4) is 0 Å². The summed E-state index contributed by atoms with van der Waals surface area (Å²) in [7, 11) is 2.77. The Bertz CT molecular complexity index is 507. The Balaban J connectivity index is 2.44. The number of methoxy groups -OCH3 is 2. The second-order valence-electron chi connectivity index (χ2n) is 4.03. The Hall–Kier alpha value is -2.06. The summed E-state index contributed by atoms with van der Waals surface area (Å²) in [5.74, 6) is -3.36. The van der Waals surface area contributed by atoms with Crippen LogP contribution in [0.4, 0.5) is 8.78 Å². The van der Waals surface area contributed by atoms with Crippen molar-refractivity contribution < 1.29 is 27.8 Å². The summed E-state index contributed by atoms with van der Waals surface area (Å²) >= 11 is 0. The zero-order chi connectivity index (χ0) is 15.8. The molecule has 2 amide bonds. The lowest BCUT2D eigenvalue weighted by Gasteiger charge is -2.13. The second kappa shape index (κ2) is 8.28. The van der Waals surface area contributed by atoms with E-state index in [4.69, 9.17) is 9.47 Å². The molecule has 0 unspecified atom stereocenters. The number of rotatable bonds is 6. The van der Waals surface area contributed by atoms with Gasteiger partial charge in [-0.1, -0.05) is 6.07 Å². The largest absolute Gasteiger partial charge is 0.354 e. The van der Waals surface area contributed by atoms with Crippen molar-refractivity contribution in [3.8, 4) is 0 Å². The molecule has 8 heteroatoms. The number of carbonyl (C=O) groups excluding carboxylic acids is 2. The molecule has 0 saturated heterocycles. The van der Waals surface area contributed by atoms with E-state index in [2.05, 4.69) is 10.6 Å². The van der Waals surface area contributed by atoms with Crippen molar-refractivity contribution in [1.29, 1.82) is 0 Å². The van der Waals surface area contributed by atoms with E-state index in [1.54, 1.807) is 0 Å². The van der Waals surface area contributed by atoms with E-state index in [9.17, 15) is 18.4 Å². The van der Waals surface area contributed by atoms with Crippen LogP contribution >= 0.6 is 0 Å². The van der Waals surface area contributed by atoms with Gasteiger partial charge in [-0.15, -0.1) is 0 Å². The Morgan fingerprint density at radius 2 is 1.76 bits per heavy atom. The first-order chi connectivity index (χ1) is 9.97. The summed E-state index contributed by atoms with van der Waals surface area (Å²) in [4.78, 5) is 22.9. The molecule has 0 saturated carbocycles. The fourth-order valence-corrected chi connectivity index (χ4v) is 1.44. The Labute approximate surface area is 120 Å². The van der Waals surface area contributed by atoms with Gasteiger partial charge < -0.3 is 20.1 Å². The summed E-state index contributed by atoms with van der Waals surface area (Å²) in [5, 5.41) is 4.51. The van der Waals surface area contributed by atoms with Gasteiger partial charge in [-0.2, -0.15) is 0 Å². The molecule has 0 radical (unpaired) electrons. The third kappa shape index (κ3) is 5.44. The highest BCUT2D eigenvalue weighted by Crippen LogP contribution is 2.08. The minimum absolute atomic E-state index is 0.00976. The molecule has 0 atom stereocenters. The monoisotopic (exact) mass is 302 g/mol. The quantitative estimate of drug-likeness (QED) is 0.586. The van der Waals surface area contributed by atoms with Crippen LogP contribution in [0.2, 0.25) is 0 Å². The van der Waals surface area contributed by atoms with Crippen LogP contribution < -0.4 is 10.6 Å². The second-order valence-corrected chi connectivity index (χ2v) is 4.03. The van der Waals surface area contributed by atoms with Crippen LogP contribution in [-0.4, -0.2) is 38.9 Å². The lowest BCUT2D eigenvalue weighted by Crippen LogP contribution is -2.43. The molecule has 0 spiro atoms. The van der Waals surface area contributed by atoms with Crippen molar-refractivity contribution in [2.75, 3.05) is 20.8 Å². The molecule has 116 valence electrons. The first-order valence-corrected chi connectivity index (χ1v) is 6.03. The first-order valence-electron chi connectivity index (χ1n) is 6.03. The van der Waals surface area contributed by atoms with E-state index in [1.165, 1.54) is 20.3 Å². The molecule has 0 aromatic heterocycles. The van der Waals surface area contributed by atoms with Gasteiger partial charge in [-0.3, -0.25) is 9.59 Å². The predicted molar refractivity (Wildman–Crippen MR) is 69.0 cm³/mol. The molecule has 0 aliphatic rings. The van der Waals surface area contributed by atoms with E-state index in [-0.39, 0.29) is 18.7 Å². The van der Waals surface area contributed by atoms with Crippen LogP contribution in [0.1, 0.15) is 5.56 Å². The molecule has 1 aromatic rings. The minimum atomic E-state index is -0.940. The van der Waals surface area contributed by atoms with Gasteiger partial charge in [0.25, 0.3) is 0 Å². The van der Waals surface area contributed by atoms with E-state index >= 15 is 0 Å². The Morgan fingerprint density at radius 1 is 1.14 bits per heavy atom. The fourth-order valence-electron chi connectivity index (χ4n) is 1.44. The third-order valence-electron chi connectivity index (χ3n) is 2.62. The molecule has 2 N–H and O–H groups in total. The van der Waals surface area contributed by atoms with Gasteiger partial charge in [0.1, 0.15) is 11.6 Å². The number of ether oxygens (including phenoxy) is 2. The number of hydrogen-bond donors (Lipinski definition) is 2. The molecule has 0 bridgehead atoms. The van der Waals surface area contributed by atoms with Gasteiger partial charge in [0.05, 0.1) is 6.54 Å². The summed E-state index contributed by atoms with van der Waals surface area (Å²) in [6.07, 6.45) is -0.670. The fraction of sp³-hybridized carbons (Fsp3) is 0.385. The van der Waals surface area contributed by atoms with Crippen molar-refractivity contribution in [2.24, 2.45) is 0 Å². The van der Waals surface area contributed by atoms with Crippen molar-refractivity contribution in [1.82, 2.24) is 10.6 Å². The van der Waals surface area contributed by atoms with Crippen molar-refractivity contribution >= 4 is 11.8 Å². The molecule has 6 nitrogen and oxygen atoms in total. The number of nitrogens with one attached hydrogen (secondary N) is 2. The highest BCUT2D eigenvalue weighted by Gasteiger charge is 2.15. The summed E-state index contributed by atoms with van der Waals surface area (Å²) in [5.41, 5.74) is 0.0733. The SMILES string of the molecule is COC(CNC(=O)C(=O)NCc1ccc(F)cc1F)OC. The van der Waals surface area contributed by atoms with E-state index in [0.29, 0.717) is 6.07 Å². The molecule has 0 fully saturated rings. The molecule has 1 aromatic carbocycles.